The molecule has 1 heterocycles. The second-order valence-corrected chi connectivity index (χ2v) is 8.14. The molecule has 0 aliphatic rings. The lowest BCUT2D eigenvalue weighted by atomic mass is 10.6. The Morgan fingerprint density at radius 2 is 2.05 bits per heavy atom. The summed E-state index contributed by atoms with van der Waals surface area (Å²) in [4.78, 5) is 10.2. The van der Waals surface area contributed by atoms with Crippen LogP contribution in [0.2, 0.25) is 0 Å². The molecule has 0 bridgehead atoms. The van der Waals surface area contributed by atoms with Crippen molar-refractivity contribution in [3.05, 3.63) is 12.4 Å². The number of nitrogens with one attached hydrogen (secondary N) is 1. The van der Waals surface area contributed by atoms with Crippen molar-refractivity contribution in [2.75, 3.05) is 18.1 Å². The van der Waals surface area contributed by atoms with Gasteiger partial charge in [-0.3, -0.25) is 9.48 Å². The van der Waals surface area contributed by atoms with Crippen molar-refractivity contribution in [1.82, 2.24) is 14.5 Å². The Balaban J connectivity index is 2.69. The van der Waals surface area contributed by atoms with E-state index in [1.807, 2.05) is 0 Å². The van der Waals surface area contributed by atoms with Crippen molar-refractivity contribution in [3.63, 3.8) is 0 Å². The Kier molecular flexibility index (Phi) is 5.25. The van der Waals surface area contributed by atoms with Crippen LogP contribution in [0, 0.1) is 0 Å². The lowest BCUT2D eigenvalue weighted by molar-refractivity contribution is -0.137. The highest BCUT2D eigenvalue weighted by Crippen LogP contribution is 2.06. The van der Waals surface area contributed by atoms with E-state index in [1.54, 1.807) is 0 Å². The van der Waals surface area contributed by atoms with Crippen LogP contribution in [0.25, 0.3) is 0 Å². The molecule has 0 aromatic carbocycles. The SMILES string of the molecule is CCS(=O)(=O)CCNS(=O)(=O)c1cnn(CC(=O)O)c1. The number of aromatic nitrogens is 2. The molecule has 0 amide bonds. The third-order valence-corrected chi connectivity index (χ3v) is 5.48. The minimum Gasteiger partial charge on any atom is -0.480 e. The number of hydrogen-bond acceptors (Lipinski definition) is 6. The van der Waals surface area contributed by atoms with Gasteiger partial charge in [-0.2, -0.15) is 5.10 Å². The van der Waals surface area contributed by atoms with Gasteiger partial charge in [-0.15, -0.1) is 0 Å². The monoisotopic (exact) mass is 325 g/mol. The molecule has 0 fully saturated rings. The number of sulfonamides is 1. The maximum atomic E-state index is 11.8. The fraction of sp³-hybridized carbons (Fsp3) is 0.556. The molecule has 1 aromatic rings. The minimum atomic E-state index is -3.90. The lowest BCUT2D eigenvalue weighted by Gasteiger charge is -2.04. The molecule has 0 unspecified atom stereocenters. The maximum Gasteiger partial charge on any atom is 0.325 e. The highest BCUT2D eigenvalue weighted by Gasteiger charge is 2.18. The molecule has 20 heavy (non-hydrogen) atoms. The van der Waals surface area contributed by atoms with E-state index in [4.69, 9.17) is 5.11 Å². The summed E-state index contributed by atoms with van der Waals surface area (Å²) in [5.74, 6) is -1.52. The largest absolute Gasteiger partial charge is 0.480 e. The number of aliphatic carboxylic acids is 1. The van der Waals surface area contributed by atoms with Crippen LogP contribution in [0.5, 0.6) is 0 Å². The summed E-state index contributed by atoms with van der Waals surface area (Å²) in [6, 6.07) is 0. The number of hydrogen-bond donors (Lipinski definition) is 2. The predicted molar refractivity (Wildman–Crippen MR) is 69.4 cm³/mol. The number of sulfone groups is 1. The third-order valence-electron chi connectivity index (χ3n) is 2.36. The standard InChI is InChI=1S/C9H15N3O6S2/c1-2-19(15,16)4-3-11-20(17,18)8-5-10-12(6-8)7-9(13)14/h5-6,11H,2-4,7H2,1H3,(H,13,14). The molecule has 0 radical (unpaired) electrons. The minimum absolute atomic E-state index is 0.0642. The van der Waals surface area contributed by atoms with Gasteiger partial charge in [-0.1, -0.05) is 6.92 Å². The smallest absolute Gasteiger partial charge is 0.325 e. The summed E-state index contributed by atoms with van der Waals surface area (Å²) < 4.78 is 49.1. The van der Waals surface area contributed by atoms with Crippen LogP contribution in [-0.2, 0) is 31.2 Å². The molecular formula is C9H15N3O6S2. The van der Waals surface area contributed by atoms with E-state index in [0.717, 1.165) is 17.1 Å². The number of carbonyl (C=O) groups is 1. The van der Waals surface area contributed by atoms with Crippen molar-refractivity contribution in [2.45, 2.75) is 18.4 Å². The Morgan fingerprint density at radius 3 is 2.60 bits per heavy atom. The zero-order valence-electron chi connectivity index (χ0n) is 10.7. The first-order valence-electron chi connectivity index (χ1n) is 5.60. The van der Waals surface area contributed by atoms with E-state index in [9.17, 15) is 21.6 Å². The Bertz CT molecular complexity index is 676. The van der Waals surface area contributed by atoms with E-state index in [1.165, 1.54) is 6.92 Å². The van der Waals surface area contributed by atoms with Crippen LogP contribution in [0.4, 0.5) is 0 Å². The van der Waals surface area contributed by atoms with Crippen molar-refractivity contribution >= 4 is 25.8 Å². The summed E-state index contributed by atoms with van der Waals surface area (Å²) in [5, 5.41) is 12.1. The highest BCUT2D eigenvalue weighted by atomic mass is 32.2. The number of rotatable bonds is 8. The molecule has 9 nitrogen and oxygen atoms in total. The summed E-state index contributed by atoms with van der Waals surface area (Å²) in [5.41, 5.74) is 0. The van der Waals surface area contributed by atoms with Crippen molar-refractivity contribution < 1.29 is 26.7 Å². The fourth-order valence-electron chi connectivity index (χ4n) is 1.27. The van der Waals surface area contributed by atoms with Gasteiger partial charge in [0.1, 0.15) is 11.4 Å². The zero-order valence-corrected chi connectivity index (χ0v) is 12.3. The summed E-state index contributed by atoms with van der Waals surface area (Å²) >= 11 is 0. The van der Waals surface area contributed by atoms with Gasteiger partial charge in [0, 0.05) is 18.5 Å². The van der Waals surface area contributed by atoms with E-state index in [2.05, 4.69) is 9.82 Å². The molecule has 1 aromatic heterocycles. The molecule has 0 aliphatic carbocycles. The number of nitrogens with zero attached hydrogens (tertiary/aromatic N) is 2. The molecule has 2 N–H and O–H groups in total. The zero-order chi connectivity index (χ0) is 15.4. The molecule has 1 rings (SSSR count). The number of carboxylic acids is 1. The van der Waals surface area contributed by atoms with E-state index >= 15 is 0 Å². The normalized spacial score (nSPS) is 12.4. The van der Waals surface area contributed by atoms with Crippen molar-refractivity contribution in [1.29, 1.82) is 0 Å². The summed E-state index contributed by atoms with van der Waals surface area (Å²) in [6.45, 7) is 0.766. The first-order valence-corrected chi connectivity index (χ1v) is 8.91. The summed E-state index contributed by atoms with van der Waals surface area (Å²) in [6.07, 6.45) is 2.06. The van der Waals surface area contributed by atoms with Gasteiger partial charge in [0.25, 0.3) is 0 Å². The molecule has 0 aliphatic heterocycles. The summed E-state index contributed by atoms with van der Waals surface area (Å²) in [7, 11) is -7.16. The molecule has 114 valence electrons. The van der Waals surface area contributed by atoms with Gasteiger partial charge in [0.15, 0.2) is 9.84 Å². The van der Waals surface area contributed by atoms with E-state index < -0.39 is 32.4 Å². The maximum absolute atomic E-state index is 11.8. The molecule has 0 saturated heterocycles. The van der Waals surface area contributed by atoms with Crippen LogP contribution in [0.3, 0.4) is 0 Å². The Hall–Kier alpha value is -1.46. The average Bonchev–Trinajstić information content (AvgIpc) is 2.77. The van der Waals surface area contributed by atoms with Gasteiger partial charge in [0.2, 0.25) is 10.0 Å². The number of carboxylic acid groups (broad SMARTS) is 1. The Labute approximate surface area is 116 Å². The molecule has 11 heteroatoms. The van der Waals surface area contributed by atoms with Crippen LogP contribution >= 0.6 is 0 Å². The van der Waals surface area contributed by atoms with Gasteiger partial charge in [0.05, 0.1) is 11.9 Å². The van der Waals surface area contributed by atoms with Crippen LogP contribution in [0.1, 0.15) is 6.92 Å². The van der Waals surface area contributed by atoms with Crippen LogP contribution < -0.4 is 4.72 Å². The second kappa shape index (κ2) is 6.33. The van der Waals surface area contributed by atoms with Crippen molar-refractivity contribution in [3.8, 4) is 0 Å². The average molecular weight is 325 g/mol. The van der Waals surface area contributed by atoms with Gasteiger partial charge in [-0.25, -0.2) is 21.6 Å². The predicted octanol–water partition coefficient (Wildman–Crippen LogP) is -1.32. The van der Waals surface area contributed by atoms with E-state index in [0.29, 0.717) is 0 Å². The first kappa shape index (κ1) is 16.6. The van der Waals surface area contributed by atoms with Gasteiger partial charge >= 0.3 is 5.97 Å². The Morgan fingerprint density at radius 1 is 1.40 bits per heavy atom. The third kappa shape index (κ3) is 4.90. The first-order chi connectivity index (χ1) is 9.16. The van der Waals surface area contributed by atoms with E-state index in [-0.39, 0.29) is 22.9 Å². The quantitative estimate of drug-likeness (QED) is 0.605. The van der Waals surface area contributed by atoms with Crippen LogP contribution in [0.15, 0.2) is 17.3 Å². The molecule has 0 saturated carbocycles. The van der Waals surface area contributed by atoms with Crippen LogP contribution in [-0.4, -0.2) is 55.7 Å². The molecule has 0 spiro atoms. The topological polar surface area (TPSA) is 135 Å². The molecular weight excluding hydrogens is 310 g/mol. The lowest BCUT2D eigenvalue weighted by Crippen LogP contribution is -2.29. The van der Waals surface area contributed by atoms with Crippen molar-refractivity contribution in [2.24, 2.45) is 0 Å². The second-order valence-electron chi connectivity index (χ2n) is 3.90. The van der Waals surface area contributed by atoms with Gasteiger partial charge in [-0.05, 0) is 0 Å². The molecule has 0 atom stereocenters. The highest BCUT2D eigenvalue weighted by molar-refractivity contribution is 7.91. The fourth-order valence-corrected chi connectivity index (χ4v) is 3.08. The van der Waals surface area contributed by atoms with Gasteiger partial charge < -0.3 is 5.11 Å².